The summed E-state index contributed by atoms with van der Waals surface area (Å²) in [4.78, 5) is 1.97. The first-order valence-electron chi connectivity index (χ1n) is 5.19. The molecule has 0 saturated carbocycles. The van der Waals surface area contributed by atoms with Crippen molar-refractivity contribution < 1.29 is 0 Å². The van der Waals surface area contributed by atoms with Crippen LogP contribution in [0.3, 0.4) is 0 Å². The van der Waals surface area contributed by atoms with Crippen molar-refractivity contribution in [1.82, 2.24) is 0 Å². The molecule has 1 aromatic carbocycles. The molecular weight excluding hydrogens is 222 g/mol. The van der Waals surface area contributed by atoms with E-state index >= 15 is 0 Å². The molecule has 4 heteroatoms. The zero-order chi connectivity index (χ0) is 12.1. The lowest BCUT2D eigenvalue weighted by molar-refractivity contribution is 0.817. The minimum atomic E-state index is -0.0176. The van der Waals surface area contributed by atoms with Crippen molar-refractivity contribution in [3.63, 3.8) is 0 Å². The van der Waals surface area contributed by atoms with Gasteiger partial charge in [0.1, 0.15) is 0 Å². The number of nitrogens with zero attached hydrogens (tertiary/aromatic N) is 2. The molecule has 0 aromatic heterocycles. The summed E-state index contributed by atoms with van der Waals surface area (Å²) in [5.74, 6) is 0. The molecule has 0 heterocycles. The summed E-state index contributed by atoms with van der Waals surface area (Å²) in [7, 11) is 1.92. The Labute approximate surface area is 101 Å². The Morgan fingerprint density at radius 3 is 2.75 bits per heavy atom. The highest BCUT2D eigenvalue weighted by Crippen LogP contribution is 2.27. The fourth-order valence-electron chi connectivity index (χ4n) is 1.45. The summed E-state index contributed by atoms with van der Waals surface area (Å²) >= 11 is 6.17. The number of hydrogen-bond acceptors (Lipinski definition) is 3. The first-order chi connectivity index (χ1) is 7.56. The SMILES string of the molecule is CC(N)c1ccc(N(C)CCC#N)c(Cl)c1. The van der Waals surface area contributed by atoms with E-state index in [0.29, 0.717) is 18.0 Å². The maximum absolute atomic E-state index is 8.52. The predicted molar refractivity (Wildman–Crippen MR) is 67.6 cm³/mol. The van der Waals surface area contributed by atoms with Gasteiger partial charge in [0.05, 0.1) is 23.2 Å². The molecule has 0 aliphatic carbocycles. The smallest absolute Gasteiger partial charge is 0.0642 e. The summed E-state index contributed by atoms with van der Waals surface area (Å²) in [6.07, 6.45) is 0.488. The van der Waals surface area contributed by atoms with Crippen LogP contribution in [0.2, 0.25) is 5.02 Å². The fourth-order valence-corrected chi connectivity index (χ4v) is 1.79. The number of rotatable bonds is 4. The Bertz CT molecular complexity index is 396. The molecule has 0 aliphatic rings. The zero-order valence-electron chi connectivity index (χ0n) is 9.57. The maximum atomic E-state index is 8.52. The number of benzene rings is 1. The number of nitriles is 1. The van der Waals surface area contributed by atoms with Crippen molar-refractivity contribution in [2.45, 2.75) is 19.4 Å². The number of hydrogen-bond donors (Lipinski definition) is 1. The Hall–Kier alpha value is -1.24. The van der Waals surface area contributed by atoms with Gasteiger partial charge in [0.25, 0.3) is 0 Å². The van der Waals surface area contributed by atoms with Crippen LogP contribution in [0.5, 0.6) is 0 Å². The average molecular weight is 238 g/mol. The molecule has 2 N–H and O–H groups in total. The third-order valence-corrected chi connectivity index (χ3v) is 2.77. The third-order valence-electron chi connectivity index (χ3n) is 2.47. The predicted octanol–water partition coefficient (Wildman–Crippen LogP) is 2.71. The Morgan fingerprint density at radius 2 is 2.25 bits per heavy atom. The standard InChI is InChI=1S/C12H16ClN3/c1-9(15)10-4-5-12(11(13)8-10)16(2)7-3-6-14/h4-5,8-9H,3,7,15H2,1-2H3. The lowest BCUT2D eigenvalue weighted by atomic mass is 10.1. The van der Waals surface area contributed by atoms with Crippen LogP contribution in [0.25, 0.3) is 0 Å². The molecule has 1 aromatic rings. The van der Waals surface area contributed by atoms with Gasteiger partial charge in [-0.15, -0.1) is 0 Å². The summed E-state index contributed by atoms with van der Waals surface area (Å²) < 4.78 is 0. The molecule has 0 fully saturated rings. The van der Waals surface area contributed by atoms with E-state index in [-0.39, 0.29) is 6.04 Å². The van der Waals surface area contributed by atoms with E-state index in [2.05, 4.69) is 6.07 Å². The van der Waals surface area contributed by atoms with Gasteiger partial charge in [0.15, 0.2) is 0 Å². The van der Waals surface area contributed by atoms with Crippen LogP contribution in [0.4, 0.5) is 5.69 Å². The topological polar surface area (TPSA) is 53.0 Å². The second-order valence-electron chi connectivity index (χ2n) is 3.83. The molecule has 16 heavy (non-hydrogen) atoms. The van der Waals surface area contributed by atoms with Gasteiger partial charge >= 0.3 is 0 Å². The molecule has 0 spiro atoms. The van der Waals surface area contributed by atoms with Gasteiger partial charge < -0.3 is 10.6 Å². The van der Waals surface area contributed by atoms with Gasteiger partial charge in [-0.25, -0.2) is 0 Å². The van der Waals surface area contributed by atoms with Gasteiger partial charge in [-0.2, -0.15) is 5.26 Å². The van der Waals surface area contributed by atoms with Gasteiger partial charge in [0.2, 0.25) is 0 Å². The van der Waals surface area contributed by atoms with E-state index in [1.165, 1.54) is 0 Å². The van der Waals surface area contributed by atoms with Crippen LogP contribution in [0, 0.1) is 11.3 Å². The van der Waals surface area contributed by atoms with Gasteiger partial charge in [-0.3, -0.25) is 0 Å². The van der Waals surface area contributed by atoms with Crippen LogP contribution < -0.4 is 10.6 Å². The number of nitrogens with two attached hydrogens (primary N) is 1. The van der Waals surface area contributed by atoms with Crippen molar-refractivity contribution in [3.05, 3.63) is 28.8 Å². The monoisotopic (exact) mass is 237 g/mol. The quantitative estimate of drug-likeness (QED) is 0.876. The van der Waals surface area contributed by atoms with E-state index in [0.717, 1.165) is 11.3 Å². The molecular formula is C12H16ClN3. The van der Waals surface area contributed by atoms with E-state index in [9.17, 15) is 0 Å². The van der Waals surface area contributed by atoms with Crippen molar-refractivity contribution in [2.24, 2.45) is 5.73 Å². The van der Waals surface area contributed by atoms with Gasteiger partial charge in [-0.1, -0.05) is 17.7 Å². The van der Waals surface area contributed by atoms with Gasteiger partial charge in [0, 0.05) is 19.6 Å². The van der Waals surface area contributed by atoms with Crippen LogP contribution in [-0.4, -0.2) is 13.6 Å². The van der Waals surface area contributed by atoms with E-state index in [4.69, 9.17) is 22.6 Å². The minimum Gasteiger partial charge on any atom is -0.372 e. The molecule has 1 unspecified atom stereocenters. The Balaban J connectivity index is 2.86. The van der Waals surface area contributed by atoms with E-state index in [1.807, 2.05) is 37.1 Å². The molecule has 0 amide bonds. The molecule has 3 nitrogen and oxygen atoms in total. The molecule has 0 aliphatic heterocycles. The second-order valence-corrected chi connectivity index (χ2v) is 4.24. The van der Waals surface area contributed by atoms with Crippen LogP contribution in [0.1, 0.15) is 24.9 Å². The van der Waals surface area contributed by atoms with Crippen LogP contribution >= 0.6 is 11.6 Å². The second kappa shape index (κ2) is 5.74. The summed E-state index contributed by atoms with van der Waals surface area (Å²) in [5, 5.41) is 9.20. The summed E-state index contributed by atoms with van der Waals surface area (Å²) in [5.41, 5.74) is 7.72. The van der Waals surface area contributed by atoms with Crippen LogP contribution in [-0.2, 0) is 0 Å². The fraction of sp³-hybridized carbons (Fsp3) is 0.417. The average Bonchev–Trinajstić information content (AvgIpc) is 2.25. The highest BCUT2D eigenvalue weighted by atomic mass is 35.5. The van der Waals surface area contributed by atoms with Gasteiger partial charge in [-0.05, 0) is 24.6 Å². The van der Waals surface area contributed by atoms with Crippen LogP contribution in [0.15, 0.2) is 18.2 Å². The normalized spacial score (nSPS) is 11.9. The minimum absolute atomic E-state index is 0.0176. The highest BCUT2D eigenvalue weighted by Gasteiger charge is 2.08. The summed E-state index contributed by atoms with van der Waals surface area (Å²) in [6, 6.07) is 7.88. The molecule has 1 rings (SSSR count). The van der Waals surface area contributed by atoms with Crippen molar-refractivity contribution in [2.75, 3.05) is 18.5 Å². The zero-order valence-corrected chi connectivity index (χ0v) is 10.3. The maximum Gasteiger partial charge on any atom is 0.0642 e. The molecule has 1 atom stereocenters. The Morgan fingerprint density at radius 1 is 1.56 bits per heavy atom. The molecule has 0 bridgehead atoms. The lowest BCUT2D eigenvalue weighted by Crippen LogP contribution is -2.18. The largest absolute Gasteiger partial charge is 0.372 e. The first-order valence-corrected chi connectivity index (χ1v) is 5.57. The number of anilines is 1. The molecule has 86 valence electrons. The van der Waals surface area contributed by atoms with E-state index < -0.39 is 0 Å². The number of halogens is 1. The van der Waals surface area contributed by atoms with E-state index in [1.54, 1.807) is 0 Å². The summed E-state index contributed by atoms with van der Waals surface area (Å²) in [6.45, 7) is 2.60. The van der Waals surface area contributed by atoms with Crippen molar-refractivity contribution in [3.8, 4) is 6.07 Å². The highest BCUT2D eigenvalue weighted by molar-refractivity contribution is 6.33. The molecule has 0 radical (unpaired) electrons. The third kappa shape index (κ3) is 3.13. The first kappa shape index (κ1) is 12.8. The van der Waals surface area contributed by atoms with Crippen molar-refractivity contribution in [1.29, 1.82) is 5.26 Å². The lowest BCUT2D eigenvalue weighted by Gasteiger charge is -2.20. The molecule has 0 saturated heterocycles. The Kier molecular flexibility index (Phi) is 4.60. The van der Waals surface area contributed by atoms with Crippen molar-refractivity contribution >= 4 is 17.3 Å².